The maximum atomic E-state index is 6.36. The largest absolute Gasteiger partial charge is 0.493 e. The molecular weight excluding hydrogens is 286 g/mol. The molecule has 1 fully saturated rings. The maximum Gasteiger partial charge on any atom is 0.179 e. The van der Waals surface area contributed by atoms with Crippen molar-refractivity contribution in [1.82, 2.24) is 5.32 Å². The molecule has 0 bridgehead atoms. The normalized spacial score (nSPS) is 15.1. The molecule has 118 valence electrons. The third-order valence-electron chi connectivity index (χ3n) is 3.56. The number of benzene rings is 1. The van der Waals surface area contributed by atoms with Crippen LogP contribution in [0.15, 0.2) is 12.1 Å². The molecule has 0 amide bonds. The quantitative estimate of drug-likeness (QED) is 0.808. The van der Waals surface area contributed by atoms with Gasteiger partial charge in [0.2, 0.25) is 0 Å². The van der Waals surface area contributed by atoms with E-state index >= 15 is 0 Å². The van der Waals surface area contributed by atoms with Gasteiger partial charge in [-0.05, 0) is 42.4 Å². The maximum absolute atomic E-state index is 6.36. The zero-order valence-corrected chi connectivity index (χ0v) is 14.2. The van der Waals surface area contributed by atoms with Gasteiger partial charge in [-0.1, -0.05) is 32.4 Å². The Bertz CT molecular complexity index is 478. The summed E-state index contributed by atoms with van der Waals surface area (Å²) in [5, 5.41) is 4.10. The van der Waals surface area contributed by atoms with Crippen molar-refractivity contribution in [3.63, 3.8) is 0 Å². The molecule has 1 aromatic rings. The Kier molecular flexibility index (Phi) is 5.39. The number of methoxy groups -OCH3 is 1. The molecule has 0 spiro atoms. The predicted octanol–water partition coefficient (Wildman–Crippen LogP) is 4.42. The first-order chi connectivity index (χ1) is 9.89. The van der Waals surface area contributed by atoms with E-state index in [1.807, 2.05) is 12.1 Å². The zero-order chi connectivity index (χ0) is 15.5. The van der Waals surface area contributed by atoms with Crippen molar-refractivity contribution in [3.8, 4) is 11.5 Å². The molecule has 2 rings (SSSR count). The van der Waals surface area contributed by atoms with Crippen LogP contribution in [-0.4, -0.2) is 19.8 Å². The van der Waals surface area contributed by atoms with Crippen LogP contribution in [0.3, 0.4) is 0 Å². The van der Waals surface area contributed by atoms with E-state index in [-0.39, 0.29) is 5.41 Å². The summed E-state index contributed by atoms with van der Waals surface area (Å²) < 4.78 is 11.3. The molecule has 1 aliphatic rings. The van der Waals surface area contributed by atoms with Crippen molar-refractivity contribution in [2.24, 2.45) is 5.41 Å². The van der Waals surface area contributed by atoms with Crippen LogP contribution in [0.2, 0.25) is 5.02 Å². The predicted molar refractivity (Wildman–Crippen MR) is 87.4 cm³/mol. The molecule has 0 radical (unpaired) electrons. The van der Waals surface area contributed by atoms with E-state index in [1.165, 1.54) is 12.8 Å². The molecule has 1 aromatic carbocycles. The van der Waals surface area contributed by atoms with Crippen LogP contribution in [0, 0.1) is 5.41 Å². The van der Waals surface area contributed by atoms with Crippen LogP contribution in [0.1, 0.15) is 45.6 Å². The highest BCUT2D eigenvalue weighted by molar-refractivity contribution is 6.32. The summed E-state index contributed by atoms with van der Waals surface area (Å²) in [7, 11) is 1.65. The summed E-state index contributed by atoms with van der Waals surface area (Å²) in [6, 6.07) is 4.65. The summed E-state index contributed by atoms with van der Waals surface area (Å²) >= 11 is 6.36. The molecule has 0 saturated heterocycles. The van der Waals surface area contributed by atoms with E-state index in [9.17, 15) is 0 Å². The second-order valence-electron chi connectivity index (χ2n) is 6.92. The second-order valence-corrected chi connectivity index (χ2v) is 7.33. The van der Waals surface area contributed by atoms with E-state index in [2.05, 4.69) is 26.1 Å². The fourth-order valence-corrected chi connectivity index (χ4v) is 2.31. The number of rotatable bonds is 7. The summed E-state index contributed by atoms with van der Waals surface area (Å²) in [4.78, 5) is 0. The Morgan fingerprint density at radius 3 is 2.57 bits per heavy atom. The zero-order valence-electron chi connectivity index (χ0n) is 13.5. The van der Waals surface area contributed by atoms with Gasteiger partial charge in [0.1, 0.15) is 0 Å². The molecule has 1 N–H and O–H groups in total. The lowest BCUT2D eigenvalue weighted by Gasteiger charge is -2.20. The fraction of sp³-hybridized carbons (Fsp3) is 0.647. The van der Waals surface area contributed by atoms with Crippen LogP contribution in [0.25, 0.3) is 0 Å². The van der Waals surface area contributed by atoms with E-state index in [0.29, 0.717) is 29.2 Å². The summed E-state index contributed by atoms with van der Waals surface area (Å²) in [5.41, 5.74) is 1.38. The van der Waals surface area contributed by atoms with Crippen molar-refractivity contribution in [2.75, 3.05) is 13.7 Å². The highest BCUT2D eigenvalue weighted by atomic mass is 35.5. The molecule has 4 heteroatoms. The lowest BCUT2D eigenvalue weighted by molar-refractivity contribution is 0.234. The van der Waals surface area contributed by atoms with Crippen LogP contribution in [-0.2, 0) is 6.54 Å². The Morgan fingerprint density at radius 1 is 1.29 bits per heavy atom. The standard InChI is InChI=1S/C17H26ClNO2/c1-17(2,3)7-8-21-16-14(18)9-12(10-15(16)20-4)11-19-13-5-6-13/h9-10,13,19H,5-8,11H2,1-4H3. The van der Waals surface area contributed by atoms with Crippen molar-refractivity contribution in [2.45, 2.75) is 52.6 Å². The van der Waals surface area contributed by atoms with Gasteiger partial charge in [-0.25, -0.2) is 0 Å². The van der Waals surface area contributed by atoms with Gasteiger partial charge in [0, 0.05) is 12.6 Å². The smallest absolute Gasteiger partial charge is 0.179 e. The Balaban J connectivity index is 2.01. The summed E-state index contributed by atoms with van der Waals surface area (Å²) in [6.07, 6.45) is 3.52. The first-order valence-electron chi connectivity index (χ1n) is 7.61. The SMILES string of the molecule is COc1cc(CNC2CC2)cc(Cl)c1OCCC(C)(C)C. The summed E-state index contributed by atoms with van der Waals surface area (Å²) in [6.45, 7) is 8.05. The average Bonchev–Trinajstić information content (AvgIpc) is 3.21. The van der Waals surface area contributed by atoms with E-state index < -0.39 is 0 Å². The molecule has 1 saturated carbocycles. The first-order valence-corrected chi connectivity index (χ1v) is 7.99. The van der Waals surface area contributed by atoms with Gasteiger partial charge in [0.05, 0.1) is 18.7 Å². The third kappa shape index (κ3) is 5.40. The van der Waals surface area contributed by atoms with Crippen molar-refractivity contribution < 1.29 is 9.47 Å². The van der Waals surface area contributed by atoms with Gasteiger partial charge in [0.25, 0.3) is 0 Å². The van der Waals surface area contributed by atoms with Gasteiger partial charge in [-0.2, -0.15) is 0 Å². The Hall–Kier alpha value is -0.930. The number of hydrogen-bond acceptors (Lipinski definition) is 3. The highest BCUT2D eigenvalue weighted by Gasteiger charge is 2.21. The first kappa shape index (κ1) is 16.4. The van der Waals surface area contributed by atoms with Gasteiger partial charge in [-0.3, -0.25) is 0 Å². The fourth-order valence-electron chi connectivity index (χ4n) is 2.02. The molecule has 1 aliphatic carbocycles. The molecule has 0 atom stereocenters. The van der Waals surface area contributed by atoms with Crippen molar-refractivity contribution >= 4 is 11.6 Å². The molecular formula is C17H26ClNO2. The minimum absolute atomic E-state index is 0.244. The van der Waals surface area contributed by atoms with E-state index in [1.54, 1.807) is 7.11 Å². The third-order valence-corrected chi connectivity index (χ3v) is 3.84. The minimum Gasteiger partial charge on any atom is -0.493 e. The Morgan fingerprint density at radius 2 is 2.00 bits per heavy atom. The van der Waals surface area contributed by atoms with Crippen LogP contribution in [0.4, 0.5) is 0 Å². The van der Waals surface area contributed by atoms with Crippen molar-refractivity contribution in [1.29, 1.82) is 0 Å². The Labute approximate surface area is 133 Å². The lowest BCUT2D eigenvalue weighted by atomic mass is 9.93. The molecule has 21 heavy (non-hydrogen) atoms. The number of nitrogens with one attached hydrogen (secondary N) is 1. The van der Waals surface area contributed by atoms with E-state index in [0.717, 1.165) is 18.5 Å². The number of ether oxygens (including phenoxy) is 2. The van der Waals surface area contributed by atoms with Gasteiger partial charge in [0.15, 0.2) is 11.5 Å². The van der Waals surface area contributed by atoms with Crippen LogP contribution in [0.5, 0.6) is 11.5 Å². The van der Waals surface area contributed by atoms with Gasteiger partial charge >= 0.3 is 0 Å². The van der Waals surface area contributed by atoms with Gasteiger partial charge < -0.3 is 14.8 Å². The van der Waals surface area contributed by atoms with E-state index in [4.69, 9.17) is 21.1 Å². The molecule has 0 aromatic heterocycles. The van der Waals surface area contributed by atoms with Crippen molar-refractivity contribution in [3.05, 3.63) is 22.7 Å². The molecule has 0 aliphatic heterocycles. The number of halogens is 1. The molecule has 0 unspecified atom stereocenters. The lowest BCUT2D eigenvalue weighted by Crippen LogP contribution is -2.15. The second kappa shape index (κ2) is 6.89. The summed E-state index contributed by atoms with van der Waals surface area (Å²) in [5.74, 6) is 1.36. The van der Waals surface area contributed by atoms with Crippen LogP contribution < -0.4 is 14.8 Å². The minimum atomic E-state index is 0.244. The topological polar surface area (TPSA) is 30.5 Å². The average molecular weight is 312 g/mol. The van der Waals surface area contributed by atoms with Crippen LogP contribution >= 0.6 is 11.6 Å². The van der Waals surface area contributed by atoms with Gasteiger partial charge in [-0.15, -0.1) is 0 Å². The highest BCUT2D eigenvalue weighted by Crippen LogP contribution is 2.37. The monoisotopic (exact) mass is 311 g/mol. The number of hydrogen-bond donors (Lipinski definition) is 1. The molecule has 0 heterocycles. The molecule has 3 nitrogen and oxygen atoms in total.